The molecule has 4 aliphatic rings. The van der Waals surface area contributed by atoms with Crippen LogP contribution in [0, 0.1) is 29.0 Å². The number of hydrogen-bond donors (Lipinski definition) is 1. The third kappa shape index (κ3) is 3.66. The van der Waals surface area contributed by atoms with E-state index in [-0.39, 0.29) is 17.1 Å². The molecule has 4 bridgehead atoms. The molecular formula is C23H29FN4OS. The molecule has 0 radical (unpaired) electrons. The van der Waals surface area contributed by atoms with E-state index < -0.39 is 0 Å². The van der Waals surface area contributed by atoms with Crippen molar-refractivity contribution in [3.63, 3.8) is 0 Å². The van der Waals surface area contributed by atoms with E-state index in [1.807, 2.05) is 4.57 Å². The Balaban J connectivity index is 1.35. The number of amides is 1. The number of carbonyl (C=O) groups is 1. The molecule has 6 rings (SSSR count). The van der Waals surface area contributed by atoms with E-state index in [1.165, 1.54) is 31.4 Å². The Kier molecular flexibility index (Phi) is 5.33. The number of hydrogen-bond acceptors (Lipinski definition) is 4. The lowest BCUT2D eigenvalue weighted by molar-refractivity contribution is -0.146. The Morgan fingerprint density at radius 1 is 1.13 bits per heavy atom. The van der Waals surface area contributed by atoms with Crippen LogP contribution in [0.2, 0.25) is 0 Å². The second-order valence-electron chi connectivity index (χ2n) is 9.44. The number of benzene rings is 1. The van der Waals surface area contributed by atoms with Gasteiger partial charge in [0.1, 0.15) is 5.82 Å². The molecule has 1 aromatic carbocycles. The second-order valence-corrected chi connectivity index (χ2v) is 10.5. The summed E-state index contributed by atoms with van der Waals surface area (Å²) in [6.07, 6.45) is 8.14. The molecular weight excluding hydrogens is 399 g/mol. The van der Waals surface area contributed by atoms with E-state index in [2.05, 4.69) is 22.4 Å². The SMILES string of the molecule is CCCSc1nnc(CNC(=O)C23CC4CC(CC(C4)C2)C3)n1-c1ccc(F)cc1. The number of rotatable bonds is 7. The van der Waals surface area contributed by atoms with E-state index >= 15 is 0 Å². The van der Waals surface area contributed by atoms with Crippen LogP contribution >= 0.6 is 11.8 Å². The number of thioether (sulfide) groups is 1. The highest BCUT2D eigenvalue weighted by atomic mass is 32.2. The van der Waals surface area contributed by atoms with Gasteiger partial charge in [0.05, 0.1) is 6.54 Å². The smallest absolute Gasteiger partial charge is 0.226 e. The topological polar surface area (TPSA) is 59.8 Å². The highest BCUT2D eigenvalue weighted by Crippen LogP contribution is 2.60. The zero-order chi connectivity index (χ0) is 20.7. The van der Waals surface area contributed by atoms with Crippen molar-refractivity contribution in [2.24, 2.45) is 23.2 Å². The fraction of sp³-hybridized carbons (Fsp3) is 0.609. The summed E-state index contributed by atoms with van der Waals surface area (Å²) in [7, 11) is 0. The molecule has 2 aromatic rings. The summed E-state index contributed by atoms with van der Waals surface area (Å²) in [6, 6.07) is 6.36. The van der Waals surface area contributed by atoms with Crippen LogP contribution in [-0.2, 0) is 11.3 Å². The van der Waals surface area contributed by atoms with E-state index in [9.17, 15) is 9.18 Å². The number of carbonyl (C=O) groups excluding carboxylic acids is 1. The van der Waals surface area contributed by atoms with Gasteiger partial charge in [-0.3, -0.25) is 9.36 Å². The minimum atomic E-state index is -0.272. The third-order valence-electron chi connectivity index (χ3n) is 7.15. The van der Waals surface area contributed by atoms with Gasteiger partial charge in [0.2, 0.25) is 5.91 Å². The standard InChI is InChI=1S/C23H29FN4OS/c1-2-7-30-22-27-26-20(28(22)19-5-3-18(24)4-6-19)14-25-21(29)23-11-15-8-16(12-23)10-17(9-15)13-23/h3-6,15-17H,2,7-14H2,1H3,(H,25,29). The van der Waals surface area contributed by atoms with Gasteiger partial charge >= 0.3 is 0 Å². The molecule has 30 heavy (non-hydrogen) atoms. The molecule has 4 saturated carbocycles. The summed E-state index contributed by atoms with van der Waals surface area (Å²) in [6.45, 7) is 2.47. The molecule has 0 saturated heterocycles. The van der Waals surface area contributed by atoms with Crippen molar-refractivity contribution in [3.8, 4) is 5.69 Å². The first kappa shape index (κ1) is 20.0. The van der Waals surface area contributed by atoms with E-state index in [4.69, 9.17) is 0 Å². The lowest BCUT2D eigenvalue weighted by Crippen LogP contribution is -2.53. The van der Waals surface area contributed by atoms with Crippen LogP contribution in [-0.4, -0.2) is 26.4 Å². The summed E-state index contributed by atoms with van der Waals surface area (Å²) in [4.78, 5) is 13.3. The Bertz CT molecular complexity index is 891. The molecule has 160 valence electrons. The lowest BCUT2D eigenvalue weighted by atomic mass is 9.49. The van der Waals surface area contributed by atoms with Gasteiger partial charge < -0.3 is 5.32 Å². The maximum Gasteiger partial charge on any atom is 0.226 e. The molecule has 4 aliphatic carbocycles. The molecule has 1 amide bonds. The Morgan fingerprint density at radius 2 is 1.77 bits per heavy atom. The zero-order valence-corrected chi connectivity index (χ0v) is 18.3. The minimum Gasteiger partial charge on any atom is -0.348 e. The highest BCUT2D eigenvalue weighted by Gasteiger charge is 2.54. The summed E-state index contributed by atoms with van der Waals surface area (Å²) >= 11 is 1.63. The molecule has 1 heterocycles. The van der Waals surface area contributed by atoms with Crippen molar-refractivity contribution in [1.82, 2.24) is 20.1 Å². The maximum atomic E-state index is 13.4. The van der Waals surface area contributed by atoms with E-state index in [0.29, 0.717) is 12.4 Å². The highest BCUT2D eigenvalue weighted by molar-refractivity contribution is 7.99. The molecule has 0 aliphatic heterocycles. The fourth-order valence-corrected chi connectivity index (χ4v) is 7.11. The Morgan fingerprint density at radius 3 is 2.37 bits per heavy atom. The van der Waals surface area contributed by atoms with Crippen LogP contribution in [0.5, 0.6) is 0 Å². The number of nitrogens with zero attached hydrogens (tertiary/aromatic N) is 3. The van der Waals surface area contributed by atoms with Gasteiger partial charge in [0.25, 0.3) is 0 Å². The van der Waals surface area contributed by atoms with Crippen molar-refractivity contribution in [2.75, 3.05) is 5.75 Å². The van der Waals surface area contributed by atoms with Crippen molar-refractivity contribution in [3.05, 3.63) is 35.9 Å². The van der Waals surface area contributed by atoms with E-state index in [1.54, 1.807) is 23.9 Å². The van der Waals surface area contributed by atoms with Crippen LogP contribution in [0.1, 0.15) is 57.7 Å². The van der Waals surface area contributed by atoms with Crippen LogP contribution in [0.4, 0.5) is 4.39 Å². The third-order valence-corrected chi connectivity index (χ3v) is 8.28. The van der Waals surface area contributed by atoms with Crippen LogP contribution < -0.4 is 5.32 Å². The average molecular weight is 429 g/mol. The van der Waals surface area contributed by atoms with E-state index in [0.717, 1.165) is 60.0 Å². The van der Waals surface area contributed by atoms with Crippen molar-refractivity contribution in [2.45, 2.75) is 63.6 Å². The molecule has 0 unspecified atom stereocenters. The van der Waals surface area contributed by atoms with Crippen LogP contribution in [0.15, 0.2) is 29.4 Å². The Hall–Kier alpha value is -1.89. The van der Waals surface area contributed by atoms with Gasteiger partial charge in [-0.15, -0.1) is 10.2 Å². The maximum absolute atomic E-state index is 13.4. The monoisotopic (exact) mass is 428 g/mol. The Labute approximate surface area is 181 Å². The van der Waals surface area contributed by atoms with Crippen molar-refractivity contribution < 1.29 is 9.18 Å². The zero-order valence-electron chi connectivity index (χ0n) is 17.4. The molecule has 7 heteroatoms. The first-order chi connectivity index (χ1) is 14.6. The van der Waals surface area contributed by atoms with Gasteiger partial charge in [-0.1, -0.05) is 18.7 Å². The lowest BCUT2D eigenvalue weighted by Gasteiger charge is -2.55. The van der Waals surface area contributed by atoms with Gasteiger partial charge in [-0.25, -0.2) is 4.39 Å². The summed E-state index contributed by atoms with van der Waals surface area (Å²) in [5, 5.41) is 12.7. The fourth-order valence-electron chi connectivity index (χ4n) is 6.29. The largest absolute Gasteiger partial charge is 0.348 e. The number of nitrogens with one attached hydrogen (secondary N) is 1. The van der Waals surface area contributed by atoms with Crippen LogP contribution in [0.3, 0.4) is 0 Å². The second kappa shape index (κ2) is 7.98. The molecule has 5 nitrogen and oxygen atoms in total. The van der Waals surface area contributed by atoms with Gasteiger partial charge in [-0.2, -0.15) is 0 Å². The molecule has 4 fully saturated rings. The molecule has 0 spiro atoms. The predicted octanol–water partition coefficient (Wildman–Crippen LogP) is 4.74. The molecule has 1 aromatic heterocycles. The van der Waals surface area contributed by atoms with Gasteiger partial charge in [-0.05, 0) is 87.0 Å². The summed E-state index contributed by atoms with van der Waals surface area (Å²) < 4.78 is 15.4. The van der Waals surface area contributed by atoms with Crippen molar-refractivity contribution >= 4 is 17.7 Å². The first-order valence-electron chi connectivity index (χ1n) is 11.2. The number of halogens is 1. The average Bonchev–Trinajstić information content (AvgIpc) is 3.12. The van der Waals surface area contributed by atoms with Gasteiger partial charge in [0, 0.05) is 16.9 Å². The number of aromatic nitrogens is 3. The molecule has 1 N–H and O–H groups in total. The minimum absolute atomic E-state index is 0.171. The quantitative estimate of drug-likeness (QED) is 0.647. The van der Waals surface area contributed by atoms with Crippen LogP contribution in [0.25, 0.3) is 5.69 Å². The first-order valence-corrected chi connectivity index (χ1v) is 12.2. The molecule has 0 atom stereocenters. The van der Waals surface area contributed by atoms with Crippen molar-refractivity contribution in [1.29, 1.82) is 0 Å². The summed E-state index contributed by atoms with van der Waals surface area (Å²) in [5.41, 5.74) is 0.647. The normalized spacial score (nSPS) is 29.3. The predicted molar refractivity (Wildman–Crippen MR) is 115 cm³/mol. The van der Waals surface area contributed by atoms with Gasteiger partial charge in [0.15, 0.2) is 11.0 Å². The summed E-state index contributed by atoms with van der Waals surface area (Å²) in [5.74, 6) is 3.76.